The third kappa shape index (κ3) is 3.49. The van der Waals surface area contributed by atoms with Gasteiger partial charge in [-0.3, -0.25) is 4.79 Å². The highest BCUT2D eigenvalue weighted by Gasteiger charge is 2.17. The first-order chi connectivity index (χ1) is 10.4. The minimum Gasteiger partial charge on any atom is -0.497 e. The molecular weight excluding hydrogens is 322 g/mol. The molecule has 0 amide bonds. The number of hydrogen-bond donors (Lipinski definition) is 1. The van der Waals surface area contributed by atoms with Crippen LogP contribution in [0.4, 0.5) is 0 Å². The molecule has 0 saturated heterocycles. The average Bonchev–Trinajstić information content (AvgIpc) is 2.52. The van der Waals surface area contributed by atoms with Crippen molar-refractivity contribution in [2.45, 2.75) is 9.79 Å². The lowest BCUT2D eigenvalue weighted by molar-refractivity contribution is 0.103. The van der Waals surface area contributed by atoms with Crippen LogP contribution >= 0.6 is 11.8 Å². The molecule has 22 heavy (non-hydrogen) atoms. The maximum Gasteiger partial charge on any atom is 0.239 e. The van der Waals surface area contributed by atoms with Gasteiger partial charge in [-0.15, -0.1) is 11.8 Å². The van der Waals surface area contributed by atoms with Crippen LogP contribution in [0.2, 0.25) is 0 Å². The molecule has 0 aliphatic rings. The van der Waals surface area contributed by atoms with Gasteiger partial charge in [-0.2, -0.15) is 0 Å². The predicted molar refractivity (Wildman–Crippen MR) is 86.0 cm³/mol. The molecule has 2 aromatic rings. The zero-order valence-electron chi connectivity index (χ0n) is 12.1. The number of rotatable bonds is 5. The summed E-state index contributed by atoms with van der Waals surface area (Å²) in [5.41, 5.74) is 0.713. The Bertz CT molecular complexity index is 799. The quantitative estimate of drug-likeness (QED) is 0.668. The Kier molecular flexibility index (Phi) is 4.90. The van der Waals surface area contributed by atoms with E-state index in [4.69, 9.17) is 9.88 Å². The van der Waals surface area contributed by atoms with Gasteiger partial charge >= 0.3 is 0 Å². The zero-order valence-corrected chi connectivity index (χ0v) is 13.7. The number of benzene rings is 2. The van der Waals surface area contributed by atoms with Crippen LogP contribution in [0.15, 0.2) is 52.3 Å². The molecule has 0 spiro atoms. The molecule has 0 saturated carbocycles. The molecule has 2 aromatic carbocycles. The highest BCUT2D eigenvalue weighted by Crippen LogP contribution is 2.26. The monoisotopic (exact) mass is 337 g/mol. The Hall–Kier alpha value is -1.83. The van der Waals surface area contributed by atoms with E-state index in [1.54, 1.807) is 42.7 Å². The number of sulfonamides is 1. The number of nitrogens with two attached hydrogens (primary N) is 1. The van der Waals surface area contributed by atoms with E-state index < -0.39 is 10.0 Å². The zero-order chi connectivity index (χ0) is 16.3. The first-order valence-corrected chi connectivity index (χ1v) is 9.03. The molecule has 0 fully saturated rings. The molecule has 0 heterocycles. The van der Waals surface area contributed by atoms with Gasteiger partial charge in [-0.05, 0) is 48.7 Å². The molecule has 0 atom stereocenters. The Morgan fingerprint density at radius 3 is 2.18 bits per heavy atom. The van der Waals surface area contributed by atoms with Crippen molar-refractivity contribution in [3.8, 4) is 5.75 Å². The Morgan fingerprint density at radius 2 is 1.68 bits per heavy atom. The fourth-order valence-corrected chi connectivity index (χ4v) is 3.65. The van der Waals surface area contributed by atoms with Gasteiger partial charge in [0, 0.05) is 16.0 Å². The van der Waals surface area contributed by atoms with E-state index in [0.717, 1.165) is 0 Å². The molecule has 2 rings (SSSR count). The van der Waals surface area contributed by atoms with Gasteiger partial charge in [-0.25, -0.2) is 13.6 Å². The second kappa shape index (κ2) is 6.51. The van der Waals surface area contributed by atoms with Crippen molar-refractivity contribution < 1.29 is 17.9 Å². The summed E-state index contributed by atoms with van der Waals surface area (Å²) in [6, 6.07) is 11.1. The normalized spacial score (nSPS) is 11.2. The van der Waals surface area contributed by atoms with Crippen molar-refractivity contribution in [1.82, 2.24) is 0 Å². The second-order valence-corrected chi connectivity index (χ2v) is 6.85. The lowest BCUT2D eigenvalue weighted by Gasteiger charge is -2.08. The number of ketones is 1. The van der Waals surface area contributed by atoms with Crippen molar-refractivity contribution in [3.05, 3.63) is 53.6 Å². The average molecular weight is 337 g/mol. The van der Waals surface area contributed by atoms with Crippen molar-refractivity contribution >= 4 is 27.6 Å². The number of hydrogen-bond acceptors (Lipinski definition) is 5. The highest BCUT2D eigenvalue weighted by atomic mass is 32.2. The maximum atomic E-state index is 12.4. The topological polar surface area (TPSA) is 86.5 Å². The Labute approximate surface area is 133 Å². The molecule has 7 heteroatoms. The third-order valence-electron chi connectivity index (χ3n) is 3.08. The van der Waals surface area contributed by atoms with Crippen LogP contribution in [-0.4, -0.2) is 27.6 Å². The largest absolute Gasteiger partial charge is 0.497 e. The van der Waals surface area contributed by atoms with E-state index in [1.807, 2.05) is 0 Å². The number of methoxy groups -OCH3 is 1. The summed E-state index contributed by atoms with van der Waals surface area (Å²) in [7, 11) is -2.35. The molecule has 0 aliphatic heterocycles. The molecule has 0 aliphatic carbocycles. The summed E-state index contributed by atoms with van der Waals surface area (Å²) >= 11 is 1.26. The van der Waals surface area contributed by atoms with Gasteiger partial charge in [-0.1, -0.05) is 0 Å². The first-order valence-electron chi connectivity index (χ1n) is 6.26. The van der Waals surface area contributed by atoms with Crippen LogP contribution in [0.1, 0.15) is 15.9 Å². The Balaban J connectivity index is 2.45. The van der Waals surface area contributed by atoms with Crippen LogP contribution in [-0.2, 0) is 10.0 Å². The second-order valence-electron chi connectivity index (χ2n) is 4.47. The molecule has 5 nitrogen and oxygen atoms in total. The van der Waals surface area contributed by atoms with Gasteiger partial charge in [0.05, 0.1) is 12.0 Å². The van der Waals surface area contributed by atoms with E-state index in [-0.39, 0.29) is 16.2 Å². The summed E-state index contributed by atoms with van der Waals surface area (Å²) in [6.45, 7) is 0. The third-order valence-corrected chi connectivity index (χ3v) is 4.96. The maximum absolute atomic E-state index is 12.4. The molecule has 0 aromatic heterocycles. The number of carbonyl (C=O) groups excluding carboxylic acids is 1. The SMILES string of the molecule is COc1ccc(C(=O)c2ccc(SC)c(S(N)(=O)=O)c2)cc1. The number of ether oxygens (including phenoxy) is 1. The smallest absolute Gasteiger partial charge is 0.239 e. The number of carbonyl (C=O) groups is 1. The van der Waals surface area contributed by atoms with Gasteiger partial charge in [0.25, 0.3) is 0 Å². The summed E-state index contributed by atoms with van der Waals surface area (Å²) in [5, 5.41) is 5.21. The molecule has 2 N–H and O–H groups in total. The first kappa shape index (κ1) is 16.5. The molecule has 0 radical (unpaired) electrons. The summed E-state index contributed by atoms with van der Waals surface area (Å²) in [4.78, 5) is 12.9. The lowest BCUT2D eigenvalue weighted by atomic mass is 10.0. The molecule has 0 bridgehead atoms. The van der Waals surface area contributed by atoms with Gasteiger partial charge in [0.2, 0.25) is 10.0 Å². The molecule has 116 valence electrons. The number of primary sulfonamides is 1. The summed E-state index contributed by atoms with van der Waals surface area (Å²) < 4.78 is 28.3. The van der Waals surface area contributed by atoms with E-state index in [0.29, 0.717) is 16.2 Å². The fraction of sp³-hybridized carbons (Fsp3) is 0.133. The van der Waals surface area contributed by atoms with Crippen molar-refractivity contribution in [2.24, 2.45) is 5.14 Å². The molecule has 0 unspecified atom stereocenters. The van der Waals surface area contributed by atoms with E-state index in [2.05, 4.69) is 0 Å². The van der Waals surface area contributed by atoms with Crippen LogP contribution in [0, 0.1) is 0 Å². The van der Waals surface area contributed by atoms with Crippen LogP contribution < -0.4 is 9.88 Å². The standard InChI is InChI=1S/C15H15NO4S2/c1-20-12-6-3-10(4-7-12)15(17)11-5-8-13(21-2)14(9-11)22(16,18)19/h3-9H,1-2H3,(H2,16,18,19). The number of thioether (sulfide) groups is 1. The van der Waals surface area contributed by atoms with E-state index in [9.17, 15) is 13.2 Å². The fourth-order valence-electron chi connectivity index (χ4n) is 1.95. The minimum atomic E-state index is -3.89. The predicted octanol–water partition coefficient (Wildman–Crippen LogP) is 2.30. The Morgan fingerprint density at radius 1 is 1.09 bits per heavy atom. The van der Waals surface area contributed by atoms with Crippen molar-refractivity contribution in [3.63, 3.8) is 0 Å². The summed E-state index contributed by atoms with van der Waals surface area (Å²) in [6.07, 6.45) is 1.75. The van der Waals surface area contributed by atoms with Crippen LogP contribution in [0.25, 0.3) is 0 Å². The van der Waals surface area contributed by atoms with Gasteiger partial charge < -0.3 is 4.74 Å². The van der Waals surface area contributed by atoms with Crippen LogP contribution in [0.5, 0.6) is 5.75 Å². The van der Waals surface area contributed by atoms with E-state index in [1.165, 1.54) is 24.9 Å². The van der Waals surface area contributed by atoms with Gasteiger partial charge in [0.15, 0.2) is 5.78 Å². The highest BCUT2D eigenvalue weighted by molar-refractivity contribution is 7.99. The van der Waals surface area contributed by atoms with E-state index >= 15 is 0 Å². The summed E-state index contributed by atoms with van der Waals surface area (Å²) in [5.74, 6) is 0.361. The van der Waals surface area contributed by atoms with Crippen molar-refractivity contribution in [1.29, 1.82) is 0 Å². The minimum absolute atomic E-state index is 0.0423. The lowest BCUT2D eigenvalue weighted by Crippen LogP contribution is -2.14. The van der Waals surface area contributed by atoms with Gasteiger partial charge in [0.1, 0.15) is 5.75 Å². The molecular formula is C15H15NO4S2. The van der Waals surface area contributed by atoms with Crippen LogP contribution in [0.3, 0.4) is 0 Å². The van der Waals surface area contributed by atoms with Crippen molar-refractivity contribution in [2.75, 3.05) is 13.4 Å².